The standard InChI is InChI=1S/C9H15Si.2ClH.Ti/c1-8-6-5-7-9(8)10(2,3)4;;;/h7H,6H2,1-4H3;2*1H;/q-1;;;+3/p-2. The third-order valence-electron chi connectivity index (χ3n) is 1.88. The Bertz CT molecular complexity index is 204. The van der Waals surface area contributed by atoms with Crippen molar-refractivity contribution in [2.45, 2.75) is 33.0 Å². The second-order valence-corrected chi connectivity index (χ2v) is 9.01. The second kappa shape index (κ2) is 7.30. The second-order valence-electron chi connectivity index (χ2n) is 3.97. The fraction of sp³-hybridized carbons (Fsp3) is 0.556. The predicted molar refractivity (Wildman–Crippen MR) is 48.5 cm³/mol. The maximum absolute atomic E-state index is 3.26. The summed E-state index contributed by atoms with van der Waals surface area (Å²) in [6.45, 7) is 9.38. The van der Waals surface area contributed by atoms with E-state index in [0.29, 0.717) is 0 Å². The molecule has 1 radical (unpaired) electrons. The summed E-state index contributed by atoms with van der Waals surface area (Å²) < 4.78 is 0. The van der Waals surface area contributed by atoms with Gasteiger partial charge >= 0.3 is 21.7 Å². The van der Waals surface area contributed by atoms with Crippen LogP contribution in [0, 0.1) is 6.08 Å². The van der Waals surface area contributed by atoms with Crippen LogP contribution in [0.15, 0.2) is 16.8 Å². The van der Waals surface area contributed by atoms with Crippen molar-refractivity contribution in [3.8, 4) is 0 Å². The van der Waals surface area contributed by atoms with Crippen LogP contribution in [-0.4, -0.2) is 8.07 Å². The van der Waals surface area contributed by atoms with E-state index in [0.717, 1.165) is 6.42 Å². The van der Waals surface area contributed by atoms with Gasteiger partial charge in [0, 0.05) is 0 Å². The average Bonchev–Trinajstić information content (AvgIpc) is 2.11. The van der Waals surface area contributed by atoms with E-state index in [-0.39, 0.29) is 46.5 Å². The summed E-state index contributed by atoms with van der Waals surface area (Å²) in [5.41, 5.74) is 1.54. The summed E-state index contributed by atoms with van der Waals surface area (Å²) in [5, 5.41) is 1.60. The SMILES string of the molecule is CC1=C([Si](C)(C)C)C=[C-]C1.[Cl-].[Cl-].[Ti+3]. The molecular formula is C9H15Cl2SiTi. The minimum atomic E-state index is -1.03. The van der Waals surface area contributed by atoms with E-state index in [2.05, 4.69) is 38.7 Å². The number of halogens is 2. The Hall–Kier alpha value is 0.991. The monoisotopic (exact) mass is 269 g/mol. The third kappa shape index (κ3) is 5.44. The van der Waals surface area contributed by atoms with Crippen LogP contribution in [0.5, 0.6) is 0 Å². The summed E-state index contributed by atoms with van der Waals surface area (Å²) in [4.78, 5) is 0. The van der Waals surface area contributed by atoms with E-state index in [4.69, 9.17) is 0 Å². The van der Waals surface area contributed by atoms with Crippen LogP contribution >= 0.6 is 0 Å². The van der Waals surface area contributed by atoms with Gasteiger partial charge in [0.1, 0.15) is 0 Å². The quantitative estimate of drug-likeness (QED) is 0.351. The molecule has 13 heavy (non-hydrogen) atoms. The van der Waals surface area contributed by atoms with Crippen LogP contribution in [0.2, 0.25) is 19.6 Å². The molecule has 0 heterocycles. The van der Waals surface area contributed by atoms with E-state index >= 15 is 0 Å². The predicted octanol–water partition coefficient (Wildman–Crippen LogP) is -3.05. The maximum Gasteiger partial charge on any atom is 3.00 e. The van der Waals surface area contributed by atoms with E-state index in [1.165, 1.54) is 0 Å². The summed E-state index contributed by atoms with van der Waals surface area (Å²) >= 11 is 0. The topological polar surface area (TPSA) is 0 Å². The van der Waals surface area contributed by atoms with Crippen molar-refractivity contribution >= 4 is 8.07 Å². The minimum absolute atomic E-state index is 0. The van der Waals surface area contributed by atoms with Gasteiger partial charge in [-0.2, -0.15) is 5.57 Å². The molecule has 0 nitrogen and oxygen atoms in total. The van der Waals surface area contributed by atoms with Gasteiger partial charge in [-0.3, -0.25) is 6.08 Å². The van der Waals surface area contributed by atoms with E-state index < -0.39 is 8.07 Å². The van der Waals surface area contributed by atoms with Crippen LogP contribution < -0.4 is 24.8 Å². The molecule has 0 saturated carbocycles. The molecule has 73 valence electrons. The van der Waals surface area contributed by atoms with Gasteiger partial charge in [0.2, 0.25) is 0 Å². The number of hydrogen-bond acceptors (Lipinski definition) is 0. The third-order valence-corrected chi connectivity index (χ3v) is 4.07. The van der Waals surface area contributed by atoms with Crippen molar-refractivity contribution in [2.75, 3.05) is 0 Å². The van der Waals surface area contributed by atoms with Gasteiger partial charge in [-0.25, -0.2) is 11.3 Å². The zero-order valence-electron chi connectivity index (χ0n) is 8.54. The van der Waals surface area contributed by atoms with Crippen LogP contribution in [-0.2, 0) is 21.7 Å². The Balaban J connectivity index is -0.000000333. The maximum atomic E-state index is 3.26. The van der Waals surface area contributed by atoms with Crippen LogP contribution in [0.25, 0.3) is 0 Å². The molecule has 0 saturated heterocycles. The van der Waals surface area contributed by atoms with Crippen LogP contribution in [0.3, 0.4) is 0 Å². The molecule has 1 aliphatic carbocycles. The summed E-state index contributed by atoms with van der Waals surface area (Å²) in [5.74, 6) is 0. The minimum Gasteiger partial charge on any atom is -1.00 e. The Morgan fingerprint density at radius 2 is 1.69 bits per heavy atom. The molecule has 4 heteroatoms. The molecule has 0 aromatic heterocycles. The molecule has 0 bridgehead atoms. The average molecular weight is 270 g/mol. The summed E-state index contributed by atoms with van der Waals surface area (Å²) in [6.07, 6.45) is 6.53. The van der Waals surface area contributed by atoms with Crippen molar-refractivity contribution < 1.29 is 46.5 Å². The van der Waals surface area contributed by atoms with Gasteiger partial charge in [-0.05, 0) is 8.07 Å². The molecule has 0 aromatic rings. The molecule has 0 aliphatic heterocycles. The zero-order chi connectivity index (χ0) is 7.78. The van der Waals surface area contributed by atoms with Gasteiger partial charge in [0.05, 0.1) is 0 Å². The smallest absolute Gasteiger partial charge is 1.00 e. The van der Waals surface area contributed by atoms with E-state index in [1.807, 2.05) is 0 Å². The van der Waals surface area contributed by atoms with Gasteiger partial charge in [-0.15, -0.1) is 6.42 Å². The summed E-state index contributed by atoms with van der Waals surface area (Å²) in [7, 11) is -1.03. The first-order valence-electron chi connectivity index (χ1n) is 3.78. The van der Waals surface area contributed by atoms with Gasteiger partial charge < -0.3 is 24.8 Å². The fourth-order valence-corrected chi connectivity index (χ4v) is 3.29. The normalized spacial score (nSPS) is 14.5. The molecular weight excluding hydrogens is 255 g/mol. The molecule has 0 atom stereocenters. The largest absolute Gasteiger partial charge is 3.00 e. The van der Waals surface area contributed by atoms with Crippen molar-refractivity contribution in [1.82, 2.24) is 0 Å². The first-order chi connectivity index (χ1) is 4.52. The molecule has 0 fully saturated rings. The number of hydrogen-bond donors (Lipinski definition) is 0. The Morgan fingerprint density at radius 1 is 1.23 bits per heavy atom. The fourth-order valence-electron chi connectivity index (χ4n) is 1.38. The first kappa shape index (κ1) is 19.5. The van der Waals surface area contributed by atoms with E-state index in [1.54, 1.807) is 10.8 Å². The molecule has 0 spiro atoms. The van der Waals surface area contributed by atoms with E-state index in [9.17, 15) is 0 Å². The Morgan fingerprint density at radius 3 is 1.85 bits per heavy atom. The first-order valence-corrected chi connectivity index (χ1v) is 7.28. The van der Waals surface area contributed by atoms with Crippen LogP contribution in [0.1, 0.15) is 13.3 Å². The molecule has 0 aromatic carbocycles. The Kier molecular flexibility index (Phi) is 11.0. The van der Waals surface area contributed by atoms with Gasteiger partial charge in [-0.1, -0.05) is 26.6 Å². The number of rotatable bonds is 1. The Labute approximate surface area is 110 Å². The van der Waals surface area contributed by atoms with Gasteiger partial charge in [0.25, 0.3) is 0 Å². The molecule has 1 aliphatic rings. The molecule has 0 N–H and O–H groups in total. The molecule has 0 unspecified atom stereocenters. The number of allylic oxidation sites excluding steroid dienone is 4. The molecule has 0 amide bonds. The molecule has 1 rings (SSSR count). The zero-order valence-corrected chi connectivity index (χ0v) is 12.6. The van der Waals surface area contributed by atoms with Crippen molar-refractivity contribution in [2.24, 2.45) is 0 Å². The van der Waals surface area contributed by atoms with Crippen molar-refractivity contribution in [3.05, 3.63) is 22.9 Å². The van der Waals surface area contributed by atoms with Crippen molar-refractivity contribution in [1.29, 1.82) is 0 Å². The van der Waals surface area contributed by atoms with Crippen molar-refractivity contribution in [3.63, 3.8) is 0 Å². The van der Waals surface area contributed by atoms with Crippen LogP contribution in [0.4, 0.5) is 0 Å². The van der Waals surface area contributed by atoms with Gasteiger partial charge in [0.15, 0.2) is 0 Å². The summed E-state index contributed by atoms with van der Waals surface area (Å²) in [6, 6.07) is 0.